The summed E-state index contributed by atoms with van der Waals surface area (Å²) >= 11 is 17.0. The average Bonchev–Trinajstić information content (AvgIpc) is 3.14. The van der Waals surface area contributed by atoms with Crippen LogP contribution in [0.1, 0.15) is 53.5 Å². The number of benzene rings is 2. The fourth-order valence-electron chi connectivity index (χ4n) is 3.90. The van der Waals surface area contributed by atoms with Crippen LogP contribution in [0.15, 0.2) is 24.3 Å². The van der Waals surface area contributed by atoms with Gasteiger partial charge < -0.3 is 14.2 Å². The van der Waals surface area contributed by atoms with Crippen molar-refractivity contribution in [2.75, 3.05) is 25.6 Å². The molecule has 3 rings (SSSR count). The molecule has 0 spiro atoms. The number of carbonyl (C=O) groups excluding carboxylic acids is 1. The molecule has 5 nitrogen and oxygen atoms in total. The van der Waals surface area contributed by atoms with E-state index in [4.69, 9.17) is 49.0 Å². The molecule has 0 bridgehead atoms. The van der Waals surface area contributed by atoms with Gasteiger partial charge in [0.1, 0.15) is 6.61 Å². The molecule has 0 saturated heterocycles. The van der Waals surface area contributed by atoms with Crippen molar-refractivity contribution in [2.45, 2.75) is 43.3 Å². The van der Waals surface area contributed by atoms with Gasteiger partial charge in [-0.3, -0.25) is 5.32 Å². The van der Waals surface area contributed by atoms with E-state index in [0.717, 1.165) is 22.3 Å². The third kappa shape index (κ3) is 5.16. The summed E-state index contributed by atoms with van der Waals surface area (Å²) in [5.41, 5.74) is 5.62. The van der Waals surface area contributed by atoms with Gasteiger partial charge in [0, 0.05) is 17.0 Å². The van der Waals surface area contributed by atoms with Gasteiger partial charge in [0.2, 0.25) is 3.79 Å². The van der Waals surface area contributed by atoms with E-state index in [1.165, 1.54) is 5.56 Å². The number of fused-ring (bicyclic) bond motifs is 1. The maximum absolute atomic E-state index is 12.3. The second kappa shape index (κ2) is 9.35. The lowest BCUT2D eigenvalue weighted by atomic mass is 9.87. The molecule has 0 radical (unpaired) electrons. The van der Waals surface area contributed by atoms with Crippen molar-refractivity contribution in [3.8, 4) is 11.5 Å². The minimum Gasteiger partial charge on any atom is -0.492 e. The first-order chi connectivity index (χ1) is 14.5. The number of carbonyl (C=O) groups is 1. The summed E-state index contributed by atoms with van der Waals surface area (Å²) < 4.78 is 15.1. The molecule has 0 aliphatic carbocycles. The Morgan fingerprint density at radius 3 is 2.39 bits per heavy atom. The highest BCUT2D eigenvalue weighted by Gasteiger charge is 2.34. The number of alkyl halides is 3. The van der Waals surface area contributed by atoms with Crippen LogP contribution in [0.5, 0.6) is 11.5 Å². The lowest BCUT2D eigenvalue weighted by molar-refractivity contribution is 0.164. The Balaban J connectivity index is 1.98. The Morgan fingerprint density at radius 1 is 1.19 bits per heavy atom. The molecule has 1 unspecified atom stereocenters. The van der Waals surface area contributed by atoms with E-state index in [2.05, 4.69) is 43.4 Å². The van der Waals surface area contributed by atoms with Crippen LogP contribution < -0.4 is 14.8 Å². The molecule has 1 aliphatic heterocycles. The SMILES string of the molecule is COc1c(C)c(NC(=O)OCC(Cl)(Cl)Cl)c(C)c2c1OCC2c1ccc(C(C)C)cc1. The van der Waals surface area contributed by atoms with Gasteiger partial charge in [-0.15, -0.1) is 0 Å². The number of halogens is 3. The molecule has 0 fully saturated rings. The van der Waals surface area contributed by atoms with Gasteiger partial charge in [0.25, 0.3) is 0 Å². The van der Waals surface area contributed by atoms with Crippen LogP contribution in [0, 0.1) is 13.8 Å². The zero-order valence-electron chi connectivity index (χ0n) is 18.1. The Bertz CT molecular complexity index is 969. The number of anilines is 1. The Labute approximate surface area is 197 Å². The quantitative estimate of drug-likeness (QED) is 0.468. The van der Waals surface area contributed by atoms with Crippen molar-refractivity contribution in [2.24, 2.45) is 0 Å². The molecule has 0 saturated carbocycles. The highest BCUT2D eigenvalue weighted by molar-refractivity contribution is 6.67. The monoisotopic (exact) mass is 485 g/mol. The van der Waals surface area contributed by atoms with Crippen LogP contribution in [0.3, 0.4) is 0 Å². The predicted molar refractivity (Wildman–Crippen MR) is 126 cm³/mol. The van der Waals surface area contributed by atoms with Crippen LogP contribution in [-0.4, -0.2) is 30.2 Å². The molecule has 1 aliphatic rings. The number of hydrogen-bond acceptors (Lipinski definition) is 4. The molecule has 0 aromatic heterocycles. The third-order valence-electron chi connectivity index (χ3n) is 5.49. The lowest BCUT2D eigenvalue weighted by Crippen LogP contribution is -2.22. The molecule has 168 valence electrons. The molecule has 8 heteroatoms. The minimum absolute atomic E-state index is 0.0171. The second-order valence-electron chi connectivity index (χ2n) is 7.90. The Hall–Kier alpha value is -1.82. The van der Waals surface area contributed by atoms with Crippen molar-refractivity contribution in [1.29, 1.82) is 0 Å². The van der Waals surface area contributed by atoms with Gasteiger partial charge in [0.05, 0.1) is 19.4 Å². The normalized spacial score (nSPS) is 15.5. The summed E-state index contributed by atoms with van der Waals surface area (Å²) in [6.45, 7) is 8.26. The molecule has 1 heterocycles. The fraction of sp³-hybridized carbons (Fsp3) is 0.435. The average molecular weight is 487 g/mol. The van der Waals surface area contributed by atoms with Crippen molar-refractivity contribution in [3.63, 3.8) is 0 Å². The molecule has 2 aromatic carbocycles. The van der Waals surface area contributed by atoms with E-state index in [9.17, 15) is 4.79 Å². The molecule has 31 heavy (non-hydrogen) atoms. The first-order valence-electron chi connectivity index (χ1n) is 9.97. The third-order valence-corrected chi connectivity index (χ3v) is 5.82. The summed E-state index contributed by atoms with van der Waals surface area (Å²) in [5.74, 6) is 1.76. The summed E-state index contributed by atoms with van der Waals surface area (Å²) in [7, 11) is 1.58. The van der Waals surface area contributed by atoms with Crippen LogP contribution in [0.25, 0.3) is 0 Å². The predicted octanol–water partition coefficient (Wildman–Crippen LogP) is 6.88. The molecular formula is C23H26Cl3NO4. The van der Waals surface area contributed by atoms with E-state index in [1.54, 1.807) is 7.11 Å². The standard InChI is InChI=1S/C23H26Cl3NO4/c1-12(2)15-6-8-16(9-7-15)17-10-30-21-18(17)13(3)19(14(4)20(21)29-5)27-22(28)31-11-23(24,25)26/h6-9,12,17H,10-11H2,1-5H3,(H,27,28). The number of rotatable bonds is 5. The van der Waals surface area contributed by atoms with Crippen molar-refractivity contribution in [3.05, 3.63) is 52.1 Å². The number of nitrogens with one attached hydrogen (secondary N) is 1. The van der Waals surface area contributed by atoms with E-state index in [-0.39, 0.29) is 12.5 Å². The summed E-state index contributed by atoms with van der Waals surface area (Å²) in [5, 5.41) is 2.78. The largest absolute Gasteiger partial charge is 0.492 e. The van der Waals surface area contributed by atoms with E-state index in [0.29, 0.717) is 29.7 Å². The summed E-state index contributed by atoms with van der Waals surface area (Å²) in [6.07, 6.45) is -0.712. The molecule has 2 aromatic rings. The second-order valence-corrected chi connectivity index (χ2v) is 10.4. The van der Waals surface area contributed by atoms with Crippen molar-refractivity contribution < 1.29 is 19.0 Å². The van der Waals surface area contributed by atoms with Gasteiger partial charge >= 0.3 is 6.09 Å². The van der Waals surface area contributed by atoms with Crippen LogP contribution in [0.4, 0.5) is 10.5 Å². The summed E-state index contributed by atoms with van der Waals surface area (Å²) in [6, 6.07) is 8.55. The first kappa shape index (κ1) is 23.8. The molecule has 1 atom stereocenters. The number of methoxy groups -OCH3 is 1. The van der Waals surface area contributed by atoms with Gasteiger partial charge in [-0.25, -0.2) is 4.79 Å². The molecule has 1 amide bonds. The maximum Gasteiger partial charge on any atom is 0.411 e. The zero-order valence-corrected chi connectivity index (χ0v) is 20.4. The molecule has 1 N–H and O–H groups in total. The Kier molecular flexibility index (Phi) is 7.19. The van der Waals surface area contributed by atoms with Crippen LogP contribution in [-0.2, 0) is 4.74 Å². The topological polar surface area (TPSA) is 56.8 Å². The zero-order chi connectivity index (χ0) is 22.9. The van der Waals surface area contributed by atoms with Gasteiger partial charge in [-0.05, 0) is 36.5 Å². The molecular weight excluding hydrogens is 461 g/mol. The van der Waals surface area contributed by atoms with Gasteiger partial charge in [-0.2, -0.15) is 0 Å². The fourth-order valence-corrected chi connectivity index (χ4v) is 4.06. The number of ether oxygens (including phenoxy) is 3. The number of hydrogen-bond donors (Lipinski definition) is 1. The Morgan fingerprint density at radius 2 is 1.84 bits per heavy atom. The van der Waals surface area contributed by atoms with Gasteiger partial charge in [0.15, 0.2) is 11.5 Å². The van der Waals surface area contributed by atoms with E-state index < -0.39 is 9.89 Å². The smallest absolute Gasteiger partial charge is 0.411 e. The van der Waals surface area contributed by atoms with E-state index in [1.807, 2.05) is 13.8 Å². The lowest BCUT2D eigenvalue weighted by Gasteiger charge is -2.21. The number of amides is 1. The van der Waals surface area contributed by atoms with Crippen LogP contribution in [0.2, 0.25) is 0 Å². The first-order valence-corrected chi connectivity index (χ1v) is 11.1. The van der Waals surface area contributed by atoms with Crippen molar-refractivity contribution in [1.82, 2.24) is 0 Å². The maximum atomic E-state index is 12.3. The highest BCUT2D eigenvalue weighted by atomic mass is 35.6. The van der Waals surface area contributed by atoms with Gasteiger partial charge in [-0.1, -0.05) is 72.9 Å². The highest BCUT2D eigenvalue weighted by Crippen LogP contribution is 2.50. The summed E-state index contributed by atoms with van der Waals surface area (Å²) in [4.78, 5) is 12.3. The minimum atomic E-state index is -1.68. The van der Waals surface area contributed by atoms with Crippen molar-refractivity contribution >= 4 is 46.6 Å². The van der Waals surface area contributed by atoms with E-state index >= 15 is 0 Å². The van der Waals surface area contributed by atoms with Crippen LogP contribution >= 0.6 is 34.8 Å².